The van der Waals surface area contributed by atoms with Gasteiger partial charge in [-0.25, -0.2) is 4.68 Å². The van der Waals surface area contributed by atoms with Crippen LogP contribution >= 0.6 is 0 Å². The van der Waals surface area contributed by atoms with Crippen LogP contribution < -0.4 is 10.1 Å². The van der Waals surface area contributed by atoms with Crippen LogP contribution in [0, 0.1) is 13.8 Å². The van der Waals surface area contributed by atoms with Crippen molar-refractivity contribution in [3.63, 3.8) is 0 Å². The molecule has 1 heterocycles. The summed E-state index contributed by atoms with van der Waals surface area (Å²) in [7, 11) is 0. The van der Waals surface area contributed by atoms with Crippen molar-refractivity contribution in [1.29, 1.82) is 0 Å². The summed E-state index contributed by atoms with van der Waals surface area (Å²) in [6.45, 7) is 6.44. The van der Waals surface area contributed by atoms with Crippen LogP contribution in [0.1, 0.15) is 27.9 Å². The molecule has 1 aromatic heterocycles. The molecule has 0 radical (unpaired) electrons. The molecule has 3 aromatic rings. The van der Waals surface area contributed by atoms with Gasteiger partial charge in [-0.3, -0.25) is 4.79 Å². The molecule has 0 bridgehead atoms. The highest BCUT2D eigenvalue weighted by molar-refractivity contribution is 5.94. The van der Waals surface area contributed by atoms with Gasteiger partial charge in [0, 0.05) is 25.1 Å². The van der Waals surface area contributed by atoms with Crippen molar-refractivity contribution in [3.05, 3.63) is 53.1 Å². The summed E-state index contributed by atoms with van der Waals surface area (Å²) in [6, 6.07) is 11.2. The van der Waals surface area contributed by atoms with Crippen molar-refractivity contribution in [2.24, 2.45) is 0 Å². The average Bonchev–Trinajstić information content (AvgIpc) is 3.13. The summed E-state index contributed by atoms with van der Waals surface area (Å²) >= 11 is 0. The fourth-order valence-corrected chi connectivity index (χ4v) is 3.00. The maximum absolute atomic E-state index is 12.1. The maximum atomic E-state index is 12.1. The first kappa shape index (κ1) is 21.7. The molecule has 0 saturated carbocycles. The number of aliphatic hydroxyl groups is 1. The lowest BCUT2D eigenvalue weighted by Crippen LogP contribution is -2.27. The van der Waals surface area contributed by atoms with Crippen LogP contribution in [0.3, 0.4) is 0 Å². The molecule has 8 heteroatoms. The van der Waals surface area contributed by atoms with E-state index >= 15 is 0 Å². The summed E-state index contributed by atoms with van der Waals surface area (Å²) < 4.78 is 12.8. The van der Waals surface area contributed by atoms with E-state index in [0.717, 1.165) is 24.0 Å². The monoisotopic (exact) mass is 412 g/mol. The zero-order valence-electron chi connectivity index (χ0n) is 17.4. The molecular formula is C22H28N4O4. The number of aliphatic hydroxyl groups excluding tert-OH is 1. The van der Waals surface area contributed by atoms with Crippen molar-refractivity contribution in [1.82, 2.24) is 20.3 Å². The molecule has 0 spiro atoms. The van der Waals surface area contributed by atoms with Crippen LogP contribution in [0.2, 0.25) is 0 Å². The van der Waals surface area contributed by atoms with E-state index in [-0.39, 0.29) is 19.1 Å². The molecule has 0 aliphatic carbocycles. The second-order valence-electron chi connectivity index (χ2n) is 7.06. The molecule has 0 unspecified atom stereocenters. The largest absolute Gasteiger partial charge is 0.494 e. The first-order chi connectivity index (χ1) is 14.6. The zero-order valence-corrected chi connectivity index (χ0v) is 17.4. The number of nitrogens with zero attached hydrogens (tertiary/aromatic N) is 3. The second-order valence-corrected chi connectivity index (χ2v) is 7.06. The Morgan fingerprint density at radius 3 is 2.63 bits per heavy atom. The number of carbonyl (C=O) groups is 1. The molecule has 1 amide bonds. The van der Waals surface area contributed by atoms with Gasteiger partial charge in [-0.15, -0.1) is 5.10 Å². The van der Waals surface area contributed by atoms with E-state index in [1.54, 1.807) is 24.3 Å². The first-order valence-electron chi connectivity index (χ1n) is 10.1. The first-order valence-corrected chi connectivity index (χ1v) is 10.1. The van der Waals surface area contributed by atoms with E-state index in [0.29, 0.717) is 31.1 Å². The predicted octanol–water partition coefficient (Wildman–Crippen LogP) is 2.26. The number of aryl methyl sites for hydroxylation is 3. The fourth-order valence-electron chi connectivity index (χ4n) is 3.00. The lowest BCUT2D eigenvalue weighted by Gasteiger charge is -2.09. The Morgan fingerprint density at radius 2 is 1.87 bits per heavy atom. The Hall–Kier alpha value is -2.97. The van der Waals surface area contributed by atoms with Crippen molar-refractivity contribution in [2.45, 2.75) is 26.8 Å². The van der Waals surface area contributed by atoms with Gasteiger partial charge in [-0.2, -0.15) is 0 Å². The third-order valence-electron chi connectivity index (χ3n) is 4.80. The van der Waals surface area contributed by atoms with Crippen molar-refractivity contribution < 1.29 is 19.4 Å². The summed E-state index contributed by atoms with van der Waals surface area (Å²) in [5, 5.41) is 19.9. The number of benzene rings is 2. The quantitative estimate of drug-likeness (QED) is 0.469. The molecule has 0 aliphatic heterocycles. The standard InChI is InChI=1S/C22H28N4O4/c1-16-14-20-21(15-17(16)2)26(25-24-20)9-3-11-30-19-6-4-18(5-7-19)22(28)23-8-12-29-13-10-27/h4-7,14-15,27H,3,8-13H2,1-2H3,(H,23,28). The van der Waals surface area contributed by atoms with Crippen LogP contribution in [0.4, 0.5) is 0 Å². The minimum Gasteiger partial charge on any atom is -0.494 e. The van der Waals surface area contributed by atoms with Gasteiger partial charge < -0.3 is 19.9 Å². The number of hydrogen-bond acceptors (Lipinski definition) is 6. The van der Waals surface area contributed by atoms with Crippen molar-refractivity contribution in [2.75, 3.05) is 33.0 Å². The summed E-state index contributed by atoms with van der Waals surface area (Å²) in [5.74, 6) is 0.547. The summed E-state index contributed by atoms with van der Waals surface area (Å²) in [5.41, 5.74) is 4.95. The fraction of sp³-hybridized carbons (Fsp3) is 0.409. The summed E-state index contributed by atoms with van der Waals surface area (Å²) in [4.78, 5) is 12.1. The normalized spacial score (nSPS) is 11.0. The molecule has 3 rings (SSSR count). The van der Waals surface area contributed by atoms with Crippen molar-refractivity contribution >= 4 is 16.9 Å². The lowest BCUT2D eigenvalue weighted by atomic mass is 10.1. The number of hydrogen-bond donors (Lipinski definition) is 2. The van der Waals surface area contributed by atoms with Gasteiger partial charge in [-0.05, 0) is 61.4 Å². The number of ether oxygens (including phenoxy) is 2. The van der Waals surface area contributed by atoms with Gasteiger partial charge >= 0.3 is 0 Å². The van der Waals surface area contributed by atoms with Crippen LogP contribution in [0.15, 0.2) is 36.4 Å². The van der Waals surface area contributed by atoms with Gasteiger partial charge in [-0.1, -0.05) is 5.21 Å². The van der Waals surface area contributed by atoms with E-state index in [2.05, 4.69) is 41.6 Å². The van der Waals surface area contributed by atoms with Crippen LogP contribution in [0.5, 0.6) is 5.75 Å². The number of carbonyl (C=O) groups excluding carboxylic acids is 1. The summed E-state index contributed by atoms with van der Waals surface area (Å²) in [6.07, 6.45) is 0.793. The van der Waals surface area contributed by atoms with E-state index in [1.165, 1.54) is 11.1 Å². The lowest BCUT2D eigenvalue weighted by molar-refractivity contribution is 0.0838. The molecule has 8 nitrogen and oxygen atoms in total. The molecule has 0 saturated heterocycles. The van der Waals surface area contributed by atoms with Gasteiger partial charge in [0.25, 0.3) is 5.91 Å². The van der Waals surface area contributed by atoms with Crippen LogP contribution in [0.25, 0.3) is 11.0 Å². The SMILES string of the molecule is Cc1cc2nnn(CCCOc3ccc(C(=O)NCCOCCO)cc3)c2cc1C. The molecule has 0 fully saturated rings. The number of rotatable bonds is 11. The van der Waals surface area contributed by atoms with Crippen molar-refractivity contribution in [3.8, 4) is 5.75 Å². The van der Waals surface area contributed by atoms with Gasteiger partial charge in [0.1, 0.15) is 11.3 Å². The highest BCUT2D eigenvalue weighted by atomic mass is 16.5. The molecule has 2 aromatic carbocycles. The molecular weight excluding hydrogens is 384 g/mol. The second kappa shape index (κ2) is 10.7. The highest BCUT2D eigenvalue weighted by Crippen LogP contribution is 2.17. The van der Waals surface area contributed by atoms with Gasteiger partial charge in [0.15, 0.2) is 0 Å². The number of fused-ring (bicyclic) bond motifs is 1. The predicted molar refractivity (Wildman–Crippen MR) is 114 cm³/mol. The minimum atomic E-state index is -0.169. The Morgan fingerprint density at radius 1 is 1.10 bits per heavy atom. The van der Waals surface area contributed by atoms with Crippen LogP contribution in [-0.4, -0.2) is 59.0 Å². The molecule has 30 heavy (non-hydrogen) atoms. The zero-order chi connectivity index (χ0) is 21.3. The van der Waals surface area contributed by atoms with Gasteiger partial charge in [0.05, 0.1) is 31.9 Å². The number of amides is 1. The molecule has 0 aliphatic rings. The topological polar surface area (TPSA) is 98.5 Å². The van der Waals surface area contributed by atoms with Gasteiger partial charge in [0.2, 0.25) is 0 Å². The number of aromatic nitrogens is 3. The van der Waals surface area contributed by atoms with Crippen LogP contribution in [-0.2, 0) is 11.3 Å². The Balaban J connectivity index is 1.42. The van der Waals surface area contributed by atoms with E-state index in [4.69, 9.17) is 14.6 Å². The minimum absolute atomic E-state index is 0.0236. The Bertz CT molecular complexity index is 969. The van der Waals surface area contributed by atoms with E-state index in [1.807, 2.05) is 4.68 Å². The van der Waals surface area contributed by atoms with E-state index < -0.39 is 0 Å². The third kappa shape index (κ3) is 5.77. The molecule has 0 atom stereocenters. The highest BCUT2D eigenvalue weighted by Gasteiger charge is 2.07. The average molecular weight is 412 g/mol. The third-order valence-corrected chi connectivity index (χ3v) is 4.80. The Labute approximate surface area is 175 Å². The Kier molecular flexibility index (Phi) is 7.75. The maximum Gasteiger partial charge on any atom is 0.251 e. The number of nitrogens with one attached hydrogen (secondary N) is 1. The van der Waals surface area contributed by atoms with E-state index in [9.17, 15) is 4.79 Å². The molecule has 2 N–H and O–H groups in total. The molecule has 160 valence electrons. The smallest absolute Gasteiger partial charge is 0.251 e.